The molecular weight excluding hydrogens is 841 g/mol. The zero-order valence-electron chi connectivity index (χ0n) is 35.6. The third-order valence-electron chi connectivity index (χ3n) is 11.6. The maximum atomic E-state index is 14.6. The zero-order chi connectivity index (χ0) is 45.6. The first-order valence-corrected chi connectivity index (χ1v) is 21.7. The Kier molecular flexibility index (Phi) is 13.2. The topological polar surface area (TPSA) is 202 Å². The van der Waals surface area contributed by atoms with E-state index < -0.39 is 41.3 Å². The van der Waals surface area contributed by atoms with Crippen molar-refractivity contribution in [1.29, 1.82) is 0 Å². The molecule has 16 nitrogen and oxygen atoms in total. The van der Waals surface area contributed by atoms with E-state index in [4.69, 9.17) is 4.74 Å². The van der Waals surface area contributed by atoms with Crippen LogP contribution in [0.5, 0.6) is 11.5 Å². The number of benzene rings is 3. The molecule has 0 saturated carbocycles. The maximum absolute atomic E-state index is 14.6. The van der Waals surface area contributed by atoms with E-state index in [0.29, 0.717) is 52.8 Å². The van der Waals surface area contributed by atoms with Gasteiger partial charge < -0.3 is 24.9 Å². The van der Waals surface area contributed by atoms with Crippen LogP contribution in [-0.2, 0) is 34.4 Å². The maximum Gasteiger partial charge on any atom is 0.274 e. The molecule has 1 unspecified atom stereocenters. The number of anilines is 2. The van der Waals surface area contributed by atoms with E-state index in [1.54, 1.807) is 61.9 Å². The summed E-state index contributed by atoms with van der Waals surface area (Å²) in [5.41, 5.74) is 3.52. The van der Waals surface area contributed by atoms with Crippen molar-refractivity contribution >= 4 is 51.8 Å². The molecule has 1 saturated heterocycles. The van der Waals surface area contributed by atoms with Crippen LogP contribution in [0.25, 0.3) is 22.0 Å². The normalized spacial score (nSPS) is 14.8. The van der Waals surface area contributed by atoms with Crippen molar-refractivity contribution in [3.8, 4) is 22.6 Å². The molecule has 1 atom stereocenters. The molecule has 1 fully saturated rings. The van der Waals surface area contributed by atoms with Gasteiger partial charge in [-0.25, -0.2) is 8.78 Å². The van der Waals surface area contributed by atoms with Crippen molar-refractivity contribution in [3.63, 3.8) is 0 Å². The number of aromatic amines is 1. The quantitative estimate of drug-likeness (QED) is 0.0484. The lowest BCUT2D eigenvalue weighted by molar-refractivity contribution is -0.136. The van der Waals surface area contributed by atoms with Crippen molar-refractivity contribution in [1.82, 2.24) is 34.8 Å². The molecule has 2 aliphatic rings. The molecule has 8 rings (SSSR count). The molecule has 0 spiro atoms. The van der Waals surface area contributed by atoms with Crippen molar-refractivity contribution in [2.45, 2.75) is 83.2 Å². The minimum absolute atomic E-state index is 0.0667. The van der Waals surface area contributed by atoms with Crippen LogP contribution in [0.2, 0.25) is 0 Å². The van der Waals surface area contributed by atoms with E-state index in [1.807, 2.05) is 10.9 Å². The van der Waals surface area contributed by atoms with Gasteiger partial charge >= 0.3 is 0 Å². The van der Waals surface area contributed by atoms with E-state index in [9.17, 15) is 37.5 Å². The fraction of sp³-hybridized carbons (Fsp3) is 0.319. The number of carbonyl (C=O) groups is 5. The van der Waals surface area contributed by atoms with Gasteiger partial charge in [0.15, 0.2) is 11.6 Å². The molecule has 6 aromatic rings. The largest absolute Gasteiger partial charge is 0.454 e. The minimum Gasteiger partial charge on any atom is -0.454 e. The predicted octanol–water partition coefficient (Wildman–Crippen LogP) is 7.01. The molecule has 18 heteroatoms. The molecule has 3 aromatic carbocycles. The number of rotatable bonds is 19. The van der Waals surface area contributed by atoms with E-state index in [1.165, 1.54) is 10.6 Å². The second kappa shape index (κ2) is 19.5. The third-order valence-corrected chi connectivity index (χ3v) is 11.6. The number of imide groups is 2. The van der Waals surface area contributed by atoms with Crippen LogP contribution < -0.4 is 26.2 Å². The van der Waals surface area contributed by atoms with Crippen LogP contribution >= 0.6 is 0 Å². The molecule has 336 valence electrons. The van der Waals surface area contributed by atoms with E-state index in [2.05, 4.69) is 31.2 Å². The summed E-state index contributed by atoms with van der Waals surface area (Å²) in [6.45, 7) is 1.33. The Hall–Kier alpha value is -7.50. The summed E-state index contributed by atoms with van der Waals surface area (Å²) in [4.78, 5) is 80.2. The van der Waals surface area contributed by atoms with Gasteiger partial charge in [0.25, 0.3) is 17.4 Å². The average Bonchev–Trinajstić information content (AvgIpc) is 4.02. The Labute approximate surface area is 371 Å². The average molecular weight is 888 g/mol. The van der Waals surface area contributed by atoms with Crippen molar-refractivity contribution in [2.24, 2.45) is 7.05 Å². The second-order valence-electron chi connectivity index (χ2n) is 16.2. The highest BCUT2D eigenvalue weighted by Crippen LogP contribution is 2.39. The summed E-state index contributed by atoms with van der Waals surface area (Å²) in [7, 11) is 1.61. The van der Waals surface area contributed by atoms with Gasteiger partial charge in [0, 0.05) is 85.5 Å². The van der Waals surface area contributed by atoms with E-state index >= 15 is 0 Å². The Bertz CT molecular complexity index is 2870. The number of pyridine rings is 1. The van der Waals surface area contributed by atoms with Crippen LogP contribution in [0.3, 0.4) is 0 Å². The highest BCUT2D eigenvalue weighted by atomic mass is 19.1. The van der Waals surface area contributed by atoms with Crippen molar-refractivity contribution in [2.75, 3.05) is 17.2 Å². The monoisotopic (exact) mass is 887 g/mol. The Morgan fingerprint density at radius 2 is 1.66 bits per heavy atom. The van der Waals surface area contributed by atoms with Crippen LogP contribution in [-0.4, -0.2) is 71.6 Å². The number of aryl methyl sites for hydroxylation is 3. The van der Waals surface area contributed by atoms with Gasteiger partial charge in [0.2, 0.25) is 17.7 Å². The Morgan fingerprint density at radius 1 is 0.862 bits per heavy atom. The smallest absolute Gasteiger partial charge is 0.274 e. The number of ether oxygens (including phenoxy) is 1. The molecule has 0 bridgehead atoms. The lowest BCUT2D eigenvalue weighted by atomic mass is 10.0. The minimum atomic E-state index is -1.01. The molecule has 65 heavy (non-hydrogen) atoms. The molecule has 0 radical (unpaired) electrons. The lowest BCUT2D eigenvalue weighted by Gasteiger charge is -2.27. The number of unbranched alkanes of at least 4 members (excludes halogenated alkanes) is 5. The number of hydrogen-bond acceptors (Lipinski definition) is 10. The fourth-order valence-corrected chi connectivity index (χ4v) is 8.27. The van der Waals surface area contributed by atoms with Crippen LogP contribution in [0.15, 0.2) is 84.0 Å². The number of aromatic nitrogens is 5. The fourth-order valence-electron chi connectivity index (χ4n) is 8.27. The summed E-state index contributed by atoms with van der Waals surface area (Å²) < 4.78 is 37.4. The number of amides is 5. The Morgan fingerprint density at radius 3 is 2.48 bits per heavy atom. The summed E-state index contributed by atoms with van der Waals surface area (Å²) in [5.74, 6) is -3.91. The predicted molar refractivity (Wildman–Crippen MR) is 236 cm³/mol. The molecule has 2 aliphatic heterocycles. The summed E-state index contributed by atoms with van der Waals surface area (Å²) in [5, 5.41) is 17.6. The molecular formula is C47H47F2N9O7. The van der Waals surface area contributed by atoms with Gasteiger partial charge in [-0.2, -0.15) is 0 Å². The van der Waals surface area contributed by atoms with Crippen molar-refractivity contribution < 1.29 is 37.5 Å². The molecule has 3 aromatic heterocycles. The lowest BCUT2D eigenvalue weighted by Crippen LogP contribution is -2.54. The zero-order valence-corrected chi connectivity index (χ0v) is 35.6. The number of piperidine rings is 1. The summed E-state index contributed by atoms with van der Waals surface area (Å²) in [6.07, 6.45) is 12.5. The molecule has 5 heterocycles. The SMILES string of the molecule is Cn1cc(-c2cc(NC(=O)CCCc3cn(CCCCCCCCNc4cccc5c4C(=O)N(C4CCC(=O)NC4=O)C5=O)nn3)ccc2Oc2ccc(F)cc2F)c2cc[nH]c2c1=O. The Balaban J connectivity index is 0.756. The van der Waals surface area contributed by atoms with Gasteiger partial charge in [-0.3, -0.25) is 43.7 Å². The first-order valence-electron chi connectivity index (χ1n) is 21.7. The first-order chi connectivity index (χ1) is 31.4. The molecule has 5 amide bonds. The number of fused-ring (bicyclic) bond motifs is 2. The number of hydrogen-bond donors (Lipinski definition) is 4. The van der Waals surface area contributed by atoms with Gasteiger partial charge in [0.1, 0.15) is 23.1 Å². The van der Waals surface area contributed by atoms with Crippen LogP contribution in [0.1, 0.15) is 90.6 Å². The van der Waals surface area contributed by atoms with Gasteiger partial charge in [-0.05, 0) is 80.6 Å². The molecule has 0 aliphatic carbocycles. The summed E-state index contributed by atoms with van der Waals surface area (Å²) >= 11 is 0. The summed E-state index contributed by atoms with van der Waals surface area (Å²) in [6, 6.07) is 13.7. The van der Waals surface area contributed by atoms with E-state index in [0.717, 1.165) is 67.8 Å². The van der Waals surface area contributed by atoms with Gasteiger partial charge in [0.05, 0.1) is 16.8 Å². The number of nitrogens with zero attached hydrogens (tertiary/aromatic N) is 5. The molecule has 4 N–H and O–H groups in total. The third kappa shape index (κ3) is 9.85. The highest BCUT2D eigenvalue weighted by Gasteiger charge is 2.45. The number of halogens is 2. The van der Waals surface area contributed by atoms with Gasteiger partial charge in [-0.1, -0.05) is 37.0 Å². The van der Waals surface area contributed by atoms with Crippen LogP contribution in [0, 0.1) is 11.6 Å². The van der Waals surface area contributed by atoms with Gasteiger partial charge in [-0.15, -0.1) is 5.10 Å². The second-order valence-corrected chi connectivity index (χ2v) is 16.2. The number of H-pyrrole nitrogens is 1. The standard InChI is InChI=1S/C47H47F2N9O7/c1-56-27-34(31-20-22-51-43(31)47(56)64)33-25-29(15-18-38(33)65-39-17-14-28(48)24-35(39)49)52-40(59)13-8-10-30-26-57(55-54-30)23-7-5-3-2-4-6-21-50-36-12-9-11-32-42(36)46(63)58(45(32)62)37-16-19-41(60)53-44(37)61/h9,11-12,14-15,17-18,20,22,24-27,37,50-51H,2-8,10,13,16,19,21,23H2,1H3,(H,52,59)(H,53,60,61). The first kappa shape index (κ1) is 44.1. The number of nitrogens with one attached hydrogen (secondary N) is 4. The number of carbonyl (C=O) groups excluding carboxylic acids is 5. The van der Waals surface area contributed by atoms with Crippen molar-refractivity contribution in [3.05, 3.63) is 118 Å². The van der Waals surface area contributed by atoms with E-state index in [-0.39, 0.29) is 53.4 Å². The van der Waals surface area contributed by atoms with Crippen LogP contribution in [0.4, 0.5) is 20.2 Å². The highest BCUT2D eigenvalue weighted by molar-refractivity contribution is 6.25.